The topological polar surface area (TPSA) is 90.9 Å². The Hall–Kier alpha value is -0.673. The molecule has 0 saturated heterocycles. The third-order valence-corrected chi connectivity index (χ3v) is 6.63. The lowest BCUT2D eigenvalue weighted by atomic mass is 10.2. The van der Waals surface area contributed by atoms with Crippen LogP contribution in [0.4, 0.5) is 4.79 Å². The third-order valence-electron chi connectivity index (χ3n) is 3.80. The summed E-state index contributed by atoms with van der Waals surface area (Å²) in [6, 6.07) is 0.896. The molecular weight excluding hydrogens is 318 g/mol. The van der Waals surface area contributed by atoms with E-state index < -0.39 is 15.0 Å². The number of rotatable bonds is 12. The maximum atomic E-state index is 8.33. The molecular formula is C15H35NO6Si. The molecule has 140 valence electrons. The van der Waals surface area contributed by atoms with Crippen LogP contribution in [0.3, 0.4) is 0 Å². The minimum absolute atomic E-state index is 0. The predicted octanol–water partition coefficient (Wildman–Crippen LogP) is 0.577. The Morgan fingerprint density at radius 3 is 1.78 bits per heavy atom. The number of carbonyl (C=O) groups excluding carboxylic acids is 1. The molecule has 0 bridgehead atoms. The molecule has 0 fully saturated rings. The van der Waals surface area contributed by atoms with E-state index in [1.54, 1.807) is 21.3 Å². The normalized spacial score (nSPS) is 11.7. The van der Waals surface area contributed by atoms with Crippen LogP contribution in [0.15, 0.2) is 0 Å². The van der Waals surface area contributed by atoms with Crippen molar-refractivity contribution >= 4 is 15.0 Å². The highest BCUT2D eigenvalue weighted by molar-refractivity contribution is 6.60. The first-order valence-electron chi connectivity index (χ1n) is 8.04. The minimum atomic E-state index is -2.37. The number of hydrogen-bond donors (Lipinski definition) is 0. The van der Waals surface area contributed by atoms with E-state index in [2.05, 4.69) is 21.0 Å². The van der Waals surface area contributed by atoms with Gasteiger partial charge in [-0.15, -0.1) is 0 Å². The zero-order valence-electron chi connectivity index (χ0n) is 16.6. The van der Waals surface area contributed by atoms with Crippen molar-refractivity contribution in [3.63, 3.8) is 0 Å². The zero-order chi connectivity index (χ0) is 18.4. The fourth-order valence-corrected chi connectivity index (χ4v) is 4.06. The summed E-state index contributed by atoms with van der Waals surface area (Å²) in [7, 11) is 7.30. The van der Waals surface area contributed by atoms with Crippen molar-refractivity contribution in [2.24, 2.45) is 0 Å². The molecule has 0 unspecified atom stereocenters. The van der Waals surface area contributed by atoms with E-state index in [4.69, 9.17) is 28.3 Å². The average molecular weight is 354 g/mol. The van der Waals surface area contributed by atoms with Gasteiger partial charge in [0.15, 0.2) is 0 Å². The molecule has 0 aromatic heterocycles. The molecule has 0 aromatic rings. The molecule has 0 amide bonds. The van der Waals surface area contributed by atoms with Gasteiger partial charge in [0.2, 0.25) is 0 Å². The van der Waals surface area contributed by atoms with Crippen LogP contribution in [0, 0.1) is 0 Å². The molecule has 8 heteroatoms. The predicted molar refractivity (Wildman–Crippen MR) is 88.7 cm³/mol. The number of carbonyl (C=O) groups is 1. The summed E-state index contributed by atoms with van der Waals surface area (Å²) < 4.78 is 17.4. The molecule has 0 spiro atoms. The highest BCUT2D eigenvalue weighted by Gasteiger charge is 2.37. The van der Waals surface area contributed by atoms with Gasteiger partial charge in [-0.2, -0.15) is 0 Å². The van der Waals surface area contributed by atoms with E-state index in [0.29, 0.717) is 0 Å². The Kier molecular flexibility index (Phi) is 14.7. The molecule has 0 atom stereocenters. The Morgan fingerprint density at radius 2 is 1.39 bits per heavy atom. The van der Waals surface area contributed by atoms with Gasteiger partial charge in [0, 0.05) is 33.8 Å². The van der Waals surface area contributed by atoms with E-state index in [0.717, 1.165) is 23.5 Å². The van der Waals surface area contributed by atoms with Crippen LogP contribution < -0.4 is 10.2 Å². The van der Waals surface area contributed by atoms with Crippen LogP contribution in [0.5, 0.6) is 0 Å². The van der Waals surface area contributed by atoms with Crippen LogP contribution in [0.1, 0.15) is 40.5 Å². The first kappa shape index (κ1) is 24.6. The molecule has 7 nitrogen and oxygen atoms in total. The van der Waals surface area contributed by atoms with Crippen molar-refractivity contribution in [3.8, 4) is 0 Å². The second kappa shape index (κ2) is 13.7. The Labute approximate surface area is 143 Å². The van der Waals surface area contributed by atoms with Crippen molar-refractivity contribution in [1.82, 2.24) is 0 Å². The number of unbranched alkanes of at least 4 members (excludes halogenated alkanes) is 3. The molecule has 0 saturated carbocycles. The number of hydrogen-bond acceptors (Lipinski definition) is 6. The minimum Gasteiger partial charge on any atom is -0.652 e. The Bertz CT molecular complexity index is 291. The Balaban J connectivity index is -0.000000787. The van der Waals surface area contributed by atoms with Crippen molar-refractivity contribution in [1.29, 1.82) is 0 Å². The highest BCUT2D eigenvalue weighted by Crippen LogP contribution is 2.16. The first-order chi connectivity index (χ1) is 10.7. The lowest BCUT2D eigenvalue weighted by Crippen LogP contribution is -2.45. The highest BCUT2D eigenvalue weighted by atomic mass is 28.4. The number of quaternary nitrogens is 1. The van der Waals surface area contributed by atoms with Crippen molar-refractivity contribution in [2.75, 3.05) is 48.5 Å². The van der Waals surface area contributed by atoms with Gasteiger partial charge in [0.05, 0.1) is 27.2 Å². The maximum absolute atomic E-state index is 8.33. The quantitative estimate of drug-likeness (QED) is 0.289. The van der Waals surface area contributed by atoms with Crippen LogP contribution >= 0.6 is 0 Å². The fraction of sp³-hybridized carbons (Fsp3) is 0.933. The second-order valence-corrected chi connectivity index (χ2v) is 9.18. The van der Waals surface area contributed by atoms with Crippen molar-refractivity contribution < 1.29 is 34.2 Å². The molecule has 0 aliphatic heterocycles. The van der Waals surface area contributed by atoms with Gasteiger partial charge in [-0.3, -0.25) is 0 Å². The van der Waals surface area contributed by atoms with Crippen LogP contribution in [0.25, 0.3) is 0 Å². The lowest BCUT2D eigenvalue weighted by molar-refractivity contribution is -0.890. The largest absolute Gasteiger partial charge is 1.00 e. The van der Waals surface area contributed by atoms with Crippen LogP contribution in [0.2, 0.25) is 6.04 Å². The summed E-state index contributed by atoms with van der Waals surface area (Å²) >= 11 is 0. The van der Waals surface area contributed by atoms with Crippen LogP contribution in [-0.4, -0.2) is 68.0 Å². The van der Waals surface area contributed by atoms with E-state index in [9.17, 15) is 0 Å². The summed E-state index contributed by atoms with van der Waals surface area (Å²) in [6.45, 7) is 4.66. The standard InChI is InChI=1S/C14H34NO3Si.CH2O3/c1-7-8-9-10-12-15(2,3)13-11-14-19(16-4,17-5)18-6;2-1(3)4/h7-14H2,1-6H3;(H2,2,3,4)/q+1;/p-1. The molecule has 0 heterocycles. The monoisotopic (exact) mass is 353 g/mol. The van der Waals surface area contributed by atoms with E-state index in [-0.39, 0.29) is 1.43 Å². The van der Waals surface area contributed by atoms with E-state index in [1.165, 1.54) is 32.2 Å². The molecule has 0 aliphatic rings. The summed E-state index contributed by atoms with van der Waals surface area (Å²) in [6.07, 6.45) is 4.08. The van der Waals surface area contributed by atoms with Gasteiger partial charge in [-0.25, -0.2) is 0 Å². The maximum Gasteiger partial charge on any atom is 1.00 e. The number of nitrogens with zero attached hydrogens (tertiary/aromatic N) is 1. The van der Waals surface area contributed by atoms with Gasteiger partial charge in [0.25, 0.3) is 0 Å². The third kappa shape index (κ3) is 14.6. The van der Waals surface area contributed by atoms with Crippen LogP contribution in [-0.2, 0) is 13.3 Å². The first-order valence-corrected chi connectivity index (χ1v) is 9.97. The van der Waals surface area contributed by atoms with E-state index in [1.807, 2.05) is 0 Å². The van der Waals surface area contributed by atoms with Gasteiger partial charge < -0.3 is 32.8 Å². The smallest absolute Gasteiger partial charge is 0.652 e. The molecule has 23 heavy (non-hydrogen) atoms. The molecule has 0 aromatic carbocycles. The van der Waals surface area contributed by atoms with Crippen molar-refractivity contribution in [2.45, 2.75) is 45.1 Å². The van der Waals surface area contributed by atoms with Gasteiger partial charge >= 0.3 is 10.2 Å². The van der Waals surface area contributed by atoms with E-state index >= 15 is 0 Å². The Morgan fingerprint density at radius 1 is 0.957 bits per heavy atom. The summed E-state index contributed by atoms with van der Waals surface area (Å²) in [5.41, 5.74) is 0. The fourth-order valence-electron chi connectivity index (χ4n) is 2.36. The molecule has 0 aliphatic carbocycles. The summed E-state index contributed by atoms with van der Waals surface area (Å²) in [4.78, 5) is 8.33. The zero-order valence-corrected chi connectivity index (χ0v) is 16.6. The SMILES string of the molecule is CCCCCC[N+](C)(C)CCC[Si](OC)(OC)OC.O=C([O-])[O-].[H+]. The van der Waals surface area contributed by atoms with Gasteiger partial charge in [0.1, 0.15) is 0 Å². The average Bonchev–Trinajstić information content (AvgIpc) is 2.48. The van der Waals surface area contributed by atoms with Gasteiger partial charge in [-0.05, 0) is 19.0 Å². The summed E-state index contributed by atoms with van der Waals surface area (Å²) in [5.74, 6) is 0. The molecule has 0 N–H and O–H groups in total. The second-order valence-electron chi connectivity index (χ2n) is 6.09. The van der Waals surface area contributed by atoms with Crippen molar-refractivity contribution in [3.05, 3.63) is 0 Å². The molecule has 0 rings (SSSR count). The summed E-state index contributed by atoms with van der Waals surface area (Å²) in [5, 5.41) is 16.7. The van der Waals surface area contributed by atoms with Gasteiger partial charge in [-0.1, -0.05) is 19.8 Å². The number of carboxylic acid groups (broad SMARTS) is 2. The molecule has 0 radical (unpaired) electrons. The lowest BCUT2D eigenvalue weighted by Gasteiger charge is -2.31.